The van der Waals surface area contributed by atoms with Crippen LogP contribution in [0.2, 0.25) is 0 Å². The lowest BCUT2D eigenvalue weighted by molar-refractivity contribution is -0.144. The van der Waals surface area contributed by atoms with Crippen molar-refractivity contribution in [2.75, 3.05) is 0 Å². The molecule has 0 fully saturated rings. The van der Waals surface area contributed by atoms with Gasteiger partial charge in [0.05, 0.1) is 0 Å². The number of rotatable bonds is 7. The fourth-order valence-corrected chi connectivity index (χ4v) is 2.01. The SMILES string of the molecule is CCC(CC)C(C)C(=O)N[C@@H](C(=O)O)C(C)C. The van der Waals surface area contributed by atoms with Gasteiger partial charge in [0.1, 0.15) is 6.04 Å². The van der Waals surface area contributed by atoms with Crippen molar-refractivity contribution < 1.29 is 14.7 Å². The Morgan fingerprint density at radius 3 is 1.88 bits per heavy atom. The first-order chi connectivity index (χ1) is 7.84. The molecule has 2 atom stereocenters. The second-order valence-electron chi connectivity index (χ2n) is 4.93. The van der Waals surface area contributed by atoms with E-state index in [1.165, 1.54) is 0 Å². The van der Waals surface area contributed by atoms with Gasteiger partial charge in [0, 0.05) is 5.92 Å². The third kappa shape index (κ3) is 4.75. The van der Waals surface area contributed by atoms with Crippen molar-refractivity contribution in [1.29, 1.82) is 0 Å². The molecule has 4 heteroatoms. The molecule has 0 aliphatic carbocycles. The highest BCUT2D eigenvalue weighted by Crippen LogP contribution is 2.19. The summed E-state index contributed by atoms with van der Waals surface area (Å²) in [6.45, 7) is 9.55. The number of carbonyl (C=O) groups is 2. The number of aliphatic carboxylic acids is 1. The van der Waals surface area contributed by atoms with Gasteiger partial charge in [0.15, 0.2) is 0 Å². The standard InChI is InChI=1S/C13H25NO3/c1-6-10(7-2)9(5)12(15)14-11(8(3)4)13(16)17/h8-11H,6-7H2,1-5H3,(H,14,15)(H,16,17)/t9?,11-/m1/s1. The molecule has 0 aliphatic heterocycles. The number of amides is 1. The van der Waals surface area contributed by atoms with E-state index in [4.69, 9.17) is 5.11 Å². The predicted octanol–water partition coefficient (Wildman–Crippen LogP) is 2.28. The van der Waals surface area contributed by atoms with E-state index in [1.54, 1.807) is 13.8 Å². The molecule has 100 valence electrons. The maximum Gasteiger partial charge on any atom is 0.326 e. The summed E-state index contributed by atoms with van der Waals surface area (Å²) >= 11 is 0. The summed E-state index contributed by atoms with van der Waals surface area (Å²) in [5.41, 5.74) is 0. The van der Waals surface area contributed by atoms with Crippen molar-refractivity contribution in [2.45, 2.75) is 53.5 Å². The monoisotopic (exact) mass is 243 g/mol. The van der Waals surface area contributed by atoms with Gasteiger partial charge < -0.3 is 10.4 Å². The predicted molar refractivity (Wildman–Crippen MR) is 67.6 cm³/mol. The van der Waals surface area contributed by atoms with Gasteiger partial charge in [-0.25, -0.2) is 4.79 Å². The van der Waals surface area contributed by atoms with Crippen LogP contribution in [-0.4, -0.2) is 23.0 Å². The van der Waals surface area contributed by atoms with Crippen LogP contribution in [0.1, 0.15) is 47.5 Å². The average Bonchev–Trinajstić information content (AvgIpc) is 2.25. The van der Waals surface area contributed by atoms with Crippen molar-refractivity contribution in [1.82, 2.24) is 5.32 Å². The lowest BCUT2D eigenvalue weighted by Crippen LogP contribution is -2.47. The molecule has 1 unspecified atom stereocenters. The fourth-order valence-electron chi connectivity index (χ4n) is 2.01. The Morgan fingerprint density at radius 1 is 1.12 bits per heavy atom. The van der Waals surface area contributed by atoms with Gasteiger partial charge in [-0.05, 0) is 11.8 Å². The lowest BCUT2D eigenvalue weighted by atomic mass is 9.88. The Bertz CT molecular complexity index is 259. The maximum atomic E-state index is 11.9. The van der Waals surface area contributed by atoms with Crippen LogP contribution in [0, 0.1) is 17.8 Å². The number of nitrogens with one attached hydrogen (secondary N) is 1. The summed E-state index contributed by atoms with van der Waals surface area (Å²) in [5, 5.41) is 11.6. The smallest absolute Gasteiger partial charge is 0.326 e. The Balaban J connectivity index is 4.55. The lowest BCUT2D eigenvalue weighted by Gasteiger charge is -2.24. The van der Waals surface area contributed by atoms with Crippen LogP contribution in [0.25, 0.3) is 0 Å². The second-order valence-corrected chi connectivity index (χ2v) is 4.93. The molecule has 0 spiro atoms. The van der Waals surface area contributed by atoms with Gasteiger partial charge in [-0.15, -0.1) is 0 Å². The van der Waals surface area contributed by atoms with Crippen LogP contribution in [0.5, 0.6) is 0 Å². The molecule has 0 heterocycles. The van der Waals surface area contributed by atoms with Gasteiger partial charge in [0.2, 0.25) is 5.91 Å². The Hall–Kier alpha value is -1.06. The average molecular weight is 243 g/mol. The first kappa shape index (κ1) is 15.9. The first-order valence-corrected chi connectivity index (χ1v) is 6.38. The molecule has 0 saturated carbocycles. The molecule has 1 amide bonds. The summed E-state index contributed by atoms with van der Waals surface area (Å²) in [7, 11) is 0. The summed E-state index contributed by atoms with van der Waals surface area (Å²) in [5.74, 6) is -1.04. The molecule has 0 aromatic heterocycles. The Kier molecular flexibility index (Phi) is 6.85. The van der Waals surface area contributed by atoms with E-state index < -0.39 is 12.0 Å². The zero-order chi connectivity index (χ0) is 13.6. The highest BCUT2D eigenvalue weighted by atomic mass is 16.4. The minimum absolute atomic E-state index is 0.106. The number of carboxylic acid groups (broad SMARTS) is 1. The van der Waals surface area contributed by atoms with E-state index in [0.29, 0.717) is 5.92 Å². The molecule has 0 aromatic rings. The van der Waals surface area contributed by atoms with E-state index in [1.807, 2.05) is 6.92 Å². The zero-order valence-electron chi connectivity index (χ0n) is 11.5. The second kappa shape index (κ2) is 7.30. The molecule has 0 saturated heterocycles. The Labute approximate surface area is 104 Å². The van der Waals surface area contributed by atoms with Crippen molar-refractivity contribution in [3.05, 3.63) is 0 Å². The Morgan fingerprint density at radius 2 is 1.59 bits per heavy atom. The van der Waals surface area contributed by atoms with Crippen LogP contribution < -0.4 is 5.32 Å². The van der Waals surface area contributed by atoms with Gasteiger partial charge >= 0.3 is 5.97 Å². The first-order valence-electron chi connectivity index (χ1n) is 6.38. The van der Waals surface area contributed by atoms with Crippen molar-refractivity contribution in [3.8, 4) is 0 Å². The van der Waals surface area contributed by atoms with Gasteiger partial charge in [-0.3, -0.25) is 4.79 Å². The fraction of sp³-hybridized carbons (Fsp3) is 0.846. The minimum atomic E-state index is -0.968. The topological polar surface area (TPSA) is 66.4 Å². The van der Waals surface area contributed by atoms with E-state index in [-0.39, 0.29) is 17.7 Å². The molecule has 0 aliphatic rings. The largest absolute Gasteiger partial charge is 0.480 e. The van der Waals surface area contributed by atoms with E-state index in [0.717, 1.165) is 12.8 Å². The third-order valence-electron chi connectivity index (χ3n) is 3.40. The summed E-state index contributed by atoms with van der Waals surface area (Å²) < 4.78 is 0. The van der Waals surface area contributed by atoms with Crippen molar-refractivity contribution in [3.63, 3.8) is 0 Å². The van der Waals surface area contributed by atoms with Gasteiger partial charge in [0.25, 0.3) is 0 Å². The van der Waals surface area contributed by atoms with Crippen LogP contribution >= 0.6 is 0 Å². The maximum absolute atomic E-state index is 11.9. The van der Waals surface area contributed by atoms with E-state index in [9.17, 15) is 9.59 Å². The summed E-state index contributed by atoms with van der Waals surface area (Å²) in [6.07, 6.45) is 1.87. The molecular weight excluding hydrogens is 218 g/mol. The van der Waals surface area contributed by atoms with Crippen LogP contribution in [0.3, 0.4) is 0 Å². The number of carbonyl (C=O) groups excluding carboxylic acids is 1. The normalized spacial score (nSPS) is 14.8. The quantitative estimate of drug-likeness (QED) is 0.721. The van der Waals surface area contributed by atoms with Gasteiger partial charge in [-0.1, -0.05) is 47.5 Å². The zero-order valence-corrected chi connectivity index (χ0v) is 11.5. The third-order valence-corrected chi connectivity index (χ3v) is 3.40. The van der Waals surface area contributed by atoms with E-state index in [2.05, 4.69) is 19.2 Å². The van der Waals surface area contributed by atoms with Crippen molar-refractivity contribution in [2.24, 2.45) is 17.8 Å². The molecule has 0 bridgehead atoms. The summed E-state index contributed by atoms with van der Waals surface area (Å²) in [4.78, 5) is 22.9. The summed E-state index contributed by atoms with van der Waals surface area (Å²) in [6, 6.07) is -0.792. The van der Waals surface area contributed by atoms with Gasteiger partial charge in [-0.2, -0.15) is 0 Å². The minimum Gasteiger partial charge on any atom is -0.480 e. The van der Waals surface area contributed by atoms with Crippen LogP contribution in [0.4, 0.5) is 0 Å². The van der Waals surface area contributed by atoms with Crippen molar-refractivity contribution >= 4 is 11.9 Å². The van der Waals surface area contributed by atoms with E-state index >= 15 is 0 Å². The van der Waals surface area contributed by atoms with Crippen LogP contribution in [-0.2, 0) is 9.59 Å². The molecule has 0 aromatic carbocycles. The molecule has 17 heavy (non-hydrogen) atoms. The number of carboxylic acids is 1. The molecule has 4 nitrogen and oxygen atoms in total. The number of hydrogen-bond donors (Lipinski definition) is 2. The highest BCUT2D eigenvalue weighted by Gasteiger charge is 2.28. The molecule has 0 rings (SSSR count). The molecular formula is C13H25NO3. The number of hydrogen-bond acceptors (Lipinski definition) is 2. The molecule has 0 radical (unpaired) electrons. The molecule has 2 N–H and O–H groups in total. The van der Waals surface area contributed by atoms with Crippen LogP contribution in [0.15, 0.2) is 0 Å². The highest BCUT2D eigenvalue weighted by molar-refractivity contribution is 5.85.